The van der Waals surface area contributed by atoms with Gasteiger partial charge in [-0.1, -0.05) is 47.5 Å². The third-order valence-electron chi connectivity index (χ3n) is 4.94. The second-order valence-electron chi connectivity index (χ2n) is 6.78. The highest BCUT2D eigenvalue weighted by Crippen LogP contribution is 2.31. The van der Waals surface area contributed by atoms with Crippen LogP contribution in [0.25, 0.3) is 11.0 Å². The van der Waals surface area contributed by atoms with E-state index in [1.54, 1.807) is 6.08 Å². The van der Waals surface area contributed by atoms with Gasteiger partial charge in [-0.15, -0.1) is 6.58 Å². The van der Waals surface area contributed by atoms with Crippen LogP contribution in [0.15, 0.2) is 55.1 Å². The van der Waals surface area contributed by atoms with Gasteiger partial charge in [-0.2, -0.15) is 0 Å². The van der Waals surface area contributed by atoms with Crippen molar-refractivity contribution in [3.8, 4) is 0 Å². The van der Waals surface area contributed by atoms with Crippen LogP contribution >= 0.6 is 23.2 Å². The van der Waals surface area contributed by atoms with E-state index >= 15 is 0 Å². The Balaban J connectivity index is 1.74. The van der Waals surface area contributed by atoms with E-state index in [1.807, 2.05) is 41.3 Å². The number of rotatable bonds is 5. The van der Waals surface area contributed by atoms with Crippen molar-refractivity contribution >= 4 is 40.1 Å². The molecule has 0 unspecified atom stereocenters. The van der Waals surface area contributed by atoms with Gasteiger partial charge < -0.3 is 9.47 Å². The van der Waals surface area contributed by atoms with Crippen molar-refractivity contribution in [3.63, 3.8) is 0 Å². The van der Waals surface area contributed by atoms with Gasteiger partial charge in [0.2, 0.25) is 5.91 Å². The first-order valence-corrected chi connectivity index (χ1v) is 9.60. The van der Waals surface area contributed by atoms with Gasteiger partial charge in [0.25, 0.3) is 0 Å². The van der Waals surface area contributed by atoms with Crippen LogP contribution in [0.1, 0.15) is 23.7 Å². The molecule has 3 aromatic rings. The predicted octanol–water partition coefficient (Wildman–Crippen LogP) is 4.89. The predicted molar refractivity (Wildman–Crippen MR) is 109 cm³/mol. The molecule has 1 atom stereocenters. The molecule has 0 N–H and O–H groups in total. The van der Waals surface area contributed by atoms with Crippen molar-refractivity contribution in [2.75, 3.05) is 13.1 Å². The minimum absolute atomic E-state index is 0.0626. The number of para-hydroxylation sites is 2. The molecule has 4 nitrogen and oxygen atoms in total. The van der Waals surface area contributed by atoms with Gasteiger partial charge in [0.1, 0.15) is 5.82 Å². The van der Waals surface area contributed by atoms with Crippen molar-refractivity contribution < 1.29 is 4.79 Å². The molecule has 138 valence electrons. The Bertz CT molecular complexity index is 1030. The third kappa shape index (κ3) is 3.47. The Labute approximate surface area is 168 Å². The number of halogens is 2. The highest BCUT2D eigenvalue weighted by molar-refractivity contribution is 6.42. The summed E-state index contributed by atoms with van der Waals surface area (Å²) >= 11 is 12.2. The number of fused-ring (bicyclic) bond motifs is 1. The molecule has 27 heavy (non-hydrogen) atoms. The van der Waals surface area contributed by atoms with E-state index in [9.17, 15) is 4.79 Å². The second-order valence-corrected chi connectivity index (χ2v) is 7.60. The SMILES string of the molecule is C=CCN1C[C@H](c2nc3ccccc3n2Cc2ccc(Cl)c(Cl)c2)CC1=O. The average molecular weight is 400 g/mol. The van der Waals surface area contributed by atoms with E-state index in [2.05, 4.69) is 17.2 Å². The zero-order valence-corrected chi connectivity index (χ0v) is 16.2. The van der Waals surface area contributed by atoms with E-state index in [-0.39, 0.29) is 11.8 Å². The van der Waals surface area contributed by atoms with Crippen molar-refractivity contribution in [2.24, 2.45) is 0 Å². The Morgan fingerprint density at radius 3 is 2.78 bits per heavy atom. The summed E-state index contributed by atoms with van der Waals surface area (Å²) in [6, 6.07) is 13.7. The summed E-state index contributed by atoms with van der Waals surface area (Å²) in [4.78, 5) is 19.0. The zero-order chi connectivity index (χ0) is 19.0. The summed E-state index contributed by atoms with van der Waals surface area (Å²) in [6.45, 7) is 5.60. The van der Waals surface area contributed by atoms with Gasteiger partial charge >= 0.3 is 0 Å². The van der Waals surface area contributed by atoms with Crippen LogP contribution in [-0.4, -0.2) is 33.4 Å². The first-order chi connectivity index (χ1) is 13.1. The lowest BCUT2D eigenvalue weighted by atomic mass is 10.1. The quantitative estimate of drug-likeness (QED) is 0.572. The Morgan fingerprint density at radius 1 is 1.19 bits per heavy atom. The molecular formula is C21H19Cl2N3O. The number of carbonyl (C=O) groups is 1. The number of amides is 1. The lowest BCUT2D eigenvalue weighted by Gasteiger charge is -2.16. The summed E-state index contributed by atoms with van der Waals surface area (Å²) in [5, 5.41) is 1.07. The maximum absolute atomic E-state index is 12.3. The highest BCUT2D eigenvalue weighted by atomic mass is 35.5. The van der Waals surface area contributed by atoms with Gasteiger partial charge in [0.05, 0.1) is 21.1 Å². The molecule has 1 amide bonds. The fourth-order valence-electron chi connectivity index (χ4n) is 3.67. The molecule has 1 saturated heterocycles. The van der Waals surface area contributed by atoms with Crippen LogP contribution in [0.3, 0.4) is 0 Å². The summed E-state index contributed by atoms with van der Waals surface area (Å²) in [7, 11) is 0. The average Bonchev–Trinajstić information content (AvgIpc) is 3.20. The number of hydrogen-bond donors (Lipinski definition) is 0. The van der Waals surface area contributed by atoms with Crippen molar-refractivity contribution in [3.05, 3.63) is 76.6 Å². The molecule has 1 aliphatic heterocycles. The van der Waals surface area contributed by atoms with E-state index in [1.165, 1.54) is 0 Å². The van der Waals surface area contributed by atoms with Gasteiger partial charge in [0, 0.05) is 32.0 Å². The van der Waals surface area contributed by atoms with Crippen molar-refractivity contribution in [2.45, 2.75) is 18.9 Å². The first kappa shape index (κ1) is 18.1. The van der Waals surface area contributed by atoms with E-state index in [0.717, 1.165) is 22.4 Å². The van der Waals surface area contributed by atoms with Crippen LogP contribution in [0.4, 0.5) is 0 Å². The molecular weight excluding hydrogens is 381 g/mol. The van der Waals surface area contributed by atoms with Crippen LogP contribution in [0, 0.1) is 0 Å². The summed E-state index contributed by atoms with van der Waals surface area (Å²) in [6.07, 6.45) is 2.23. The minimum Gasteiger partial charge on any atom is -0.338 e. The maximum Gasteiger partial charge on any atom is 0.223 e. The van der Waals surface area contributed by atoms with Crippen molar-refractivity contribution in [1.29, 1.82) is 0 Å². The Hall–Kier alpha value is -2.30. The van der Waals surface area contributed by atoms with Crippen LogP contribution in [-0.2, 0) is 11.3 Å². The molecule has 2 aromatic carbocycles. The molecule has 0 radical (unpaired) electrons. The normalized spacial score (nSPS) is 17.0. The third-order valence-corrected chi connectivity index (χ3v) is 5.68. The number of benzene rings is 2. The molecule has 0 bridgehead atoms. The van der Waals surface area contributed by atoms with Gasteiger partial charge in [-0.3, -0.25) is 4.79 Å². The summed E-state index contributed by atoms with van der Waals surface area (Å²) in [5.74, 6) is 1.14. The van der Waals surface area contributed by atoms with E-state index in [0.29, 0.717) is 36.1 Å². The number of likely N-dealkylation sites (tertiary alicyclic amines) is 1. The number of aromatic nitrogens is 2. The van der Waals surface area contributed by atoms with Gasteiger partial charge in [-0.25, -0.2) is 4.98 Å². The topological polar surface area (TPSA) is 38.1 Å². The highest BCUT2D eigenvalue weighted by Gasteiger charge is 2.33. The Morgan fingerprint density at radius 2 is 2.00 bits per heavy atom. The molecule has 1 aromatic heterocycles. The molecule has 6 heteroatoms. The molecule has 1 aliphatic rings. The first-order valence-electron chi connectivity index (χ1n) is 8.84. The molecule has 1 fully saturated rings. The maximum atomic E-state index is 12.3. The Kier molecular flexibility index (Phi) is 4.94. The van der Waals surface area contributed by atoms with Gasteiger partial charge in [0.15, 0.2) is 0 Å². The molecule has 2 heterocycles. The lowest BCUT2D eigenvalue weighted by Crippen LogP contribution is -2.25. The number of imidazole rings is 1. The largest absolute Gasteiger partial charge is 0.338 e. The van der Waals surface area contributed by atoms with Crippen LogP contribution in [0.5, 0.6) is 0 Å². The fraction of sp³-hybridized carbons (Fsp3) is 0.238. The second kappa shape index (κ2) is 7.37. The number of nitrogens with zero attached hydrogens (tertiary/aromatic N) is 3. The summed E-state index contributed by atoms with van der Waals surface area (Å²) in [5.41, 5.74) is 3.02. The lowest BCUT2D eigenvalue weighted by molar-refractivity contribution is -0.127. The molecule has 4 rings (SSSR count). The fourth-order valence-corrected chi connectivity index (χ4v) is 3.99. The van der Waals surface area contributed by atoms with Crippen LogP contribution in [0.2, 0.25) is 10.0 Å². The standard InChI is InChI=1S/C21H19Cl2N3O/c1-2-9-25-13-15(11-20(25)27)21-24-18-5-3-4-6-19(18)26(21)12-14-7-8-16(22)17(23)10-14/h2-8,10,15H,1,9,11-13H2/t15-/m1/s1. The zero-order valence-electron chi connectivity index (χ0n) is 14.7. The number of carbonyl (C=O) groups excluding carboxylic acids is 1. The van der Waals surface area contributed by atoms with Gasteiger partial charge in [-0.05, 0) is 29.8 Å². The smallest absolute Gasteiger partial charge is 0.223 e. The van der Waals surface area contributed by atoms with Crippen molar-refractivity contribution in [1.82, 2.24) is 14.5 Å². The molecule has 0 aliphatic carbocycles. The van der Waals surface area contributed by atoms with Crippen LogP contribution < -0.4 is 0 Å². The monoisotopic (exact) mass is 399 g/mol. The van der Waals surface area contributed by atoms with E-state index < -0.39 is 0 Å². The molecule has 0 saturated carbocycles. The number of hydrogen-bond acceptors (Lipinski definition) is 2. The van der Waals surface area contributed by atoms with E-state index in [4.69, 9.17) is 28.2 Å². The minimum atomic E-state index is 0.0626. The summed E-state index contributed by atoms with van der Waals surface area (Å²) < 4.78 is 2.18. The molecule has 0 spiro atoms.